The van der Waals surface area contributed by atoms with Crippen LogP contribution in [0.25, 0.3) is 10.9 Å². The third kappa shape index (κ3) is 1.29. The largest absolute Gasteiger partial charge is 0.323 e. The molecule has 0 unspecified atom stereocenters. The monoisotopic (exact) mass is 191 g/mol. The highest BCUT2D eigenvalue weighted by molar-refractivity contribution is 5.93. The van der Waals surface area contributed by atoms with E-state index in [0.717, 1.165) is 16.6 Å². The van der Waals surface area contributed by atoms with Crippen LogP contribution in [0.2, 0.25) is 0 Å². The number of nitrogen functional groups attached to an aromatic ring is 1. The Labute approximate surface area is 80.7 Å². The average molecular weight is 191 g/mol. The van der Waals surface area contributed by atoms with E-state index in [0.29, 0.717) is 5.52 Å². The minimum Gasteiger partial charge on any atom is -0.323 e. The Kier molecular flexibility index (Phi) is 2.05. The molecule has 0 bridgehead atoms. The molecule has 2 rings (SSSR count). The van der Waals surface area contributed by atoms with Crippen LogP contribution in [0, 0.1) is 12.7 Å². The van der Waals surface area contributed by atoms with Gasteiger partial charge in [-0.15, -0.1) is 0 Å². The Hall–Kier alpha value is -1.68. The first-order chi connectivity index (χ1) is 6.72. The molecule has 0 aliphatic rings. The van der Waals surface area contributed by atoms with Crippen molar-refractivity contribution in [1.29, 1.82) is 0 Å². The van der Waals surface area contributed by atoms with Gasteiger partial charge in [-0.2, -0.15) is 0 Å². The third-order valence-corrected chi connectivity index (χ3v) is 2.16. The molecule has 0 fully saturated rings. The van der Waals surface area contributed by atoms with Crippen molar-refractivity contribution < 1.29 is 4.39 Å². The molecule has 2 aromatic rings. The van der Waals surface area contributed by atoms with Gasteiger partial charge in [0.2, 0.25) is 0 Å². The Balaban J connectivity index is 2.87. The molecular weight excluding hydrogens is 181 g/mol. The highest BCUT2D eigenvalue weighted by atomic mass is 19.1. The van der Waals surface area contributed by atoms with Gasteiger partial charge >= 0.3 is 0 Å². The molecule has 0 aliphatic heterocycles. The van der Waals surface area contributed by atoms with Gasteiger partial charge in [-0.1, -0.05) is 0 Å². The normalized spacial score (nSPS) is 10.5. The molecular formula is C10H10FN3. The zero-order valence-electron chi connectivity index (χ0n) is 7.71. The van der Waals surface area contributed by atoms with E-state index >= 15 is 0 Å². The fourth-order valence-corrected chi connectivity index (χ4v) is 1.57. The van der Waals surface area contributed by atoms with Gasteiger partial charge in [-0.25, -0.2) is 4.39 Å². The van der Waals surface area contributed by atoms with E-state index in [1.807, 2.05) is 6.92 Å². The first-order valence-corrected chi connectivity index (χ1v) is 4.24. The zero-order chi connectivity index (χ0) is 10.1. The van der Waals surface area contributed by atoms with Crippen molar-refractivity contribution in [2.45, 2.75) is 6.92 Å². The van der Waals surface area contributed by atoms with Crippen molar-refractivity contribution in [2.75, 3.05) is 5.43 Å². The molecule has 0 spiro atoms. The number of fused-ring (bicyclic) bond motifs is 1. The van der Waals surface area contributed by atoms with Gasteiger partial charge in [0.15, 0.2) is 0 Å². The first kappa shape index (κ1) is 8.90. The van der Waals surface area contributed by atoms with Crippen molar-refractivity contribution in [3.63, 3.8) is 0 Å². The number of pyridine rings is 1. The second-order valence-electron chi connectivity index (χ2n) is 3.12. The molecule has 4 heteroatoms. The van der Waals surface area contributed by atoms with E-state index in [1.54, 1.807) is 12.3 Å². The van der Waals surface area contributed by atoms with Gasteiger partial charge in [0.25, 0.3) is 0 Å². The van der Waals surface area contributed by atoms with E-state index in [9.17, 15) is 4.39 Å². The molecule has 0 saturated carbocycles. The molecule has 1 heterocycles. The van der Waals surface area contributed by atoms with Crippen LogP contribution in [0.15, 0.2) is 24.4 Å². The number of anilines is 1. The summed E-state index contributed by atoms with van der Waals surface area (Å²) >= 11 is 0. The average Bonchev–Trinajstić information content (AvgIpc) is 2.16. The van der Waals surface area contributed by atoms with Crippen molar-refractivity contribution in [3.8, 4) is 0 Å². The number of nitrogens with one attached hydrogen (secondary N) is 1. The molecule has 0 radical (unpaired) electrons. The lowest BCUT2D eigenvalue weighted by molar-refractivity contribution is 0.628. The number of rotatable bonds is 1. The second kappa shape index (κ2) is 3.23. The van der Waals surface area contributed by atoms with E-state index in [4.69, 9.17) is 5.84 Å². The Morgan fingerprint density at radius 1 is 1.43 bits per heavy atom. The number of hydrazine groups is 1. The molecule has 3 nitrogen and oxygen atoms in total. The number of hydrogen-bond acceptors (Lipinski definition) is 3. The summed E-state index contributed by atoms with van der Waals surface area (Å²) in [5.41, 5.74) is 4.75. The summed E-state index contributed by atoms with van der Waals surface area (Å²) in [5.74, 6) is 5.07. The van der Waals surface area contributed by atoms with Crippen LogP contribution in [0.1, 0.15) is 5.56 Å². The summed E-state index contributed by atoms with van der Waals surface area (Å²) in [6, 6.07) is 4.61. The standard InChI is InChI=1S/C10H10FN3/c1-6-4-7(11)5-9-10(6)8(14-12)2-3-13-9/h2-5H,12H2,1H3,(H,13,14). The maximum absolute atomic E-state index is 13.0. The Bertz CT molecular complexity index is 482. The van der Waals surface area contributed by atoms with Crippen LogP contribution in [-0.2, 0) is 0 Å². The predicted octanol–water partition coefficient (Wildman–Crippen LogP) is 1.97. The van der Waals surface area contributed by atoms with E-state index in [2.05, 4.69) is 10.4 Å². The van der Waals surface area contributed by atoms with E-state index in [1.165, 1.54) is 12.1 Å². The summed E-state index contributed by atoms with van der Waals surface area (Å²) in [7, 11) is 0. The molecule has 1 aromatic carbocycles. The molecule has 3 N–H and O–H groups in total. The molecule has 0 atom stereocenters. The highest BCUT2D eigenvalue weighted by Crippen LogP contribution is 2.25. The minimum absolute atomic E-state index is 0.281. The summed E-state index contributed by atoms with van der Waals surface area (Å²) in [6.45, 7) is 1.83. The number of nitrogens with zero attached hydrogens (tertiary/aromatic N) is 1. The topological polar surface area (TPSA) is 50.9 Å². The number of benzene rings is 1. The molecule has 0 aliphatic carbocycles. The maximum atomic E-state index is 13.0. The molecule has 14 heavy (non-hydrogen) atoms. The van der Waals surface area contributed by atoms with Crippen molar-refractivity contribution in [2.24, 2.45) is 5.84 Å². The maximum Gasteiger partial charge on any atom is 0.125 e. The van der Waals surface area contributed by atoms with E-state index < -0.39 is 0 Å². The minimum atomic E-state index is -0.281. The number of hydrogen-bond donors (Lipinski definition) is 2. The summed E-state index contributed by atoms with van der Waals surface area (Å²) in [6.07, 6.45) is 1.59. The smallest absolute Gasteiger partial charge is 0.125 e. The van der Waals surface area contributed by atoms with Crippen LogP contribution in [0.5, 0.6) is 0 Å². The van der Waals surface area contributed by atoms with Gasteiger partial charge in [0.05, 0.1) is 11.2 Å². The van der Waals surface area contributed by atoms with Gasteiger partial charge in [-0.3, -0.25) is 10.8 Å². The molecule has 1 aromatic heterocycles. The van der Waals surface area contributed by atoms with Crippen LogP contribution < -0.4 is 11.3 Å². The zero-order valence-corrected chi connectivity index (χ0v) is 7.71. The number of aromatic nitrogens is 1. The second-order valence-corrected chi connectivity index (χ2v) is 3.12. The summed E-state index contributed by atoms with van der Waals surface area (Å²) in [4.78, 5) is 4.08. The van der Waals surface area contributed by atoms with Crippen molar-refractivity contribution >= 4 is 16.6 Å². The van der Waals surface area contributed by atoms with Gasteiger partial charge in [0, 0.05) is 17.6 Å². The molecule has 0 amide bonds. The summed E-state index contributed by atoms with van der Waals surface area (Å²) < 4.78 is 13.0. The third-order valence-electron chi connectivity index (χ3n) is 2.16. The lowest BCUT2D eigenvalue weighted by Crippen LogP contribution is -2.07. The van der Waals surface area contributed by atoms with Crippen LogP contribution in [0.4, 0.5) is 10.1 Å². The Morgan fingerprint density at radius 2 is 2.21 bits per heavy atom. The number of halogens is 1. The molecule has 72 valence electrons. The lowest BCUT2D eigenvalue weighted by Gasteiger charge is -2.07. The number of aryl methyl sites for hydroxylation is 1. The van der Waals surface area contributed by atoms with Gasteiger partial charge < -0.3 is 5.43 Å². The first-order valence-electron chi connectivity index (χ1n) is 4.24. The van der Waals surface area contributed by atoms with Crippen LogP contribution in [0.3, 0.4) is 0 Å². The Morgan fingerprint density at radius 3 is 2.93 bits per heavy atom. The van der Waals surface area contributed by atoms with Crippen molar-refractivity contribution in [3.05, 3.63) is 35.8 Å². The summed E-state index contributed by atoms with van der Waals surface area (Å²) in [5, 5.41) is 0.858. The highest BCUT2D eigenvalue weighted by Gasteiger charge is 2.05. The quantitative estimate of drug-likeness (QED) is 0.535. The van der Waals surface area contributed by atoms with Crippen molar-refractivity contribution in [1.82, 2.24) is 4.98 Å². The lowest BCUT2D eigenvalue weighted by atomic mass is 10.1. The van der Waals surface area contributed by atoms with Gasteiger partial charge in [-0.05, 0) is 24.6 Å². The van der Waals surface area contributed by atoms with Crippen LogP contribution >= 0.6 is 0 Å². The van der Waals surface area contributed by atoms with E-state index in [-0.39, 0.29) is 5.82 Å². The molecule has 0 saturated heterocycles. The number of nitrogens with two attached hydrogens (primary N) is 1. The fourth-order valence-electron chi connectivity index (χ4n) is 1.57. The SMILES string of the molecule is Cc1cc(F)cc2nccc(NN)c12. The van der Waals surface area contributed by atoms with Gasteiger partial charge in [0.1, 0.15) is 5.82 Å². The van der Waals surface area contributed by atoms with Crippen LogP contribution in [-0.4, -0.2) is 4.98 Å². The fraction of sp³-hybridized carbons (Fsp3) is 0.100. The predicted molar refractivity (Wildman–Crippen MR) is 54.2 cm³/mol.